The molecule has 0 aromatic heterocycles. The van der Waals surface area contributed by atoms with Crippen LogP contribution in [0.2, 0.25) is 5.02 Å². The summed E-state index contributed by atoms with van der Waals surface area (Å²) in [5, 5.41) is 3.19. The number of rotatable bonds is 7. The number of aryl methyl sites for hydroxylation is 1. The highest BCUT2D eigenvalue weighted by Crippen LogP contribution is 2.26. The summed E-state index contributed by atoms with van der Waals surface area (Å²) in [7, 11) is -3.94. The highest BCUT2D eigenvalue weighted by molar-refractivity contribution is 7.92. The molecule has 0 unspecified atom stereocenters. The highest BCUT2D eigenvalue weighted by atomic mass is 35.5. The number of hydrogen-bond donors (Lipinski definition) is 1. The molecule has 3 aromatic rings. The van der Waals surface area contributed by atoms with Crippen molar-refractivity contribution in [2.45, 2.75) is 18.4 Å². The summed E-state index contributed by atoms with van der Waals surface area (Å²) in [6, 6.07) is 22.1. The van der Waals surface area contributed by atoms with Gasteiger partial charge in [0.1, 0.15) is 6.54 Å². The Morgan fingerprint density at radius 1 is 0.966 bits per heavy atom. The lowest BCUT2D eigenvalue weighted by molar-refractivity contribution is -0.119. The Balaban J connectivity index is 1.86. The van der Waals surface area contributed by atoms with Crippen LogP contribution in [0.5, 0.6) is 0 Å². The summed E-state index contributed by atoms with van der Waals surface area (Å²) in [6.07, 6.45) is 0. The number of nitrogens with zero attached hydrogens (tertiary/aromatic N) is 1. The topological polar surface area (TPSA) is 66.5 Å². The first-order valence-electron chi connectivity index (χ1n) is 9.02. The smallest absolute Gasteiger partial charge is 0.264 e. The molecule has 0 aliphatic heterocycles. The van der Waals surface area contributed by atoms with Crippen molar-refractivity contribution in [2.24, 2.45) is 0 Å². The molecule has 3 aromatic carbocycles. The van der Waals surface area contributed by atoms with Gasteiger partial charge in [-0.2, -0.15) is 0 Å². The molecule has 0 saturated carbocycles. The number of sulfonamides is 1. The fraction of sp³-hybridized carbons (Fsp3) is 0.136. The number of halogens is 1. The standard InChI is InChI=1S/C22H21ClN2O3S/c1-17-8-5-6-9-18(17)15-24-22(26)16-25(20-11-7-10-19(23)14-20)29(27,28)21-12-3-2-4-13-21/h2-14H,15-16H2,1H3,(H,24,26). The number of benzene rings is 3. The molecule has 0 spiro atoms. The van der Waals surface area contributed by atoms with Crippen LogP contribution in [0.25, 0.3) is 0 Å². The summed E-state index contributed by atoms with van der Waals surface area (Å²) >= 11 is 6.06. The fourth-order valence-electron chi connectivity index (χ4n) is 2.85. The third-order valence-corrected chi connectivity index (χ3v) is 6.48. The van der Waals surface area contributed by atoms with E-state index in [0.717, 1.165) is 15.4 Å². The molecule has 0 radical (unpaired) electrons. The zero-order chi connectivity index (χ0) is 20.9. The molecule has 3 rings (SSSR count). The SMILES string of the molecule is Cc1ccccc1CNC(=O)CN(c1cccc(Cl)c1)S(=O)(=O)c1ccccc1. The van der Waals surface area contributed by atoms with Crippen LogP contribution in [0.15, 0.2) is 83.8 Å². The Labute approximate surface area is 176 Å². The summed E-state index contributed by atoms with van der Waals surface area (Å²) in [5.41, 5.74) is 2.35. The first-order chi connectivity index (χ1) is 13.9. The number of carbonyl (C=O) groups excluding carboxylic acids is 1. The van der Waals surface area contributed by atoms with E-state index in [0.29, 0.717) is 17.3 Å². The normalized spacial score (nSPS) is 11.1. The van der Waals surface area contributed by atoms with Crippen molar-refractivity contribution >= 4 is 33.2 Å². The number of amides is 1. The van der Waals surface area contributed by atoms with Gasteiger partial charge in [0.25, 0.3) is 10.0 Å². The lowest BCUT2D eigenvalue weighted by Crippen LogP contribution is -2.40. The Morgan fingerprint density at radius 3 is 2.34 bits per heavy atom. The monoisotopic (exact) mass is 428 g/mol. The maximum Gasteiger partial charge on any atom is 0.264 e. The van der Waals surface area contributed by atoms with E-state index in [4.69, 9.17) is 11.6 Å². The maximum atomic E-state index is 13.2. The minimum absolute atomic E-state index is 0.103. The van der Waals surface area contributed by atoms with Crippen LogP contribution in [0.4, 0.5) is 5.69 Å². The molecular weight excluding hydrogens is 408 g/mol. The summed E-state index contributed by atoms with van der Waals surface area (Å²) in [6.45, 7) is 1.92. The number of hydrogen-bond acceptors (Lipinski definition) is 3. The second-order valence-electron chi connectivity index (χ2n) is 6.51. The van der Waals surface area contributed by atoms with Crippen LogP contribution in [0.3, 0.4) is 0 Å². The molecule has 29 heavy (non-hydrogen) atoms. The largest absolute Gasteiger partial charge is 0.350 e. The van der Waals surface area contributed by atoms with Crippen molar-refractivity contribution in [2.75, 3.05) is 10.8 Å². The zero-order valence-electron chi connectivity index (χ0n) is 15.9. The van der Waals surface area contributed by atoms with Gasteiger partial charge < -0.3 is 5.32 Å². The Bertz CT molecular complexity index is 1100. The summed E-state index contributed by atoms with van der Waals surface area (Å²) in [5.74, 6) is -0.410. The molecule has 5 nitrogen and oxygen atoms in total. The fourth-order valence-corrected chi connectivity index (χ4v) is 4.47. The van der Waals surface area contributed by atoms with E-state index in [9.17, 15) is 13.2 Å². The molecule has 7 heteroatoms. The van der Waals surface area contributed by atoms with E-state index < -0.39 is 15.9 Å². The van der Waals surface area contributed by atoms with Crippen LogP contribution >= 0.6 is 11.6 Å². The van der Waals surface area contributed by atoms with Gasteiger partial charge in [0.15, 0.2) is 0 Å². The van der Waals surface area contributed by atoms with E-state index in [1.54, 1.807) is 36.4 Å². The van der Waals surface area contributed by atoms with Gasteiger partial charge >= 0.3 is 0 Å². The van der Waals surface area contributed by atoms with E-state index >= 15 is 0 Å². The Hall–Kier alpha value is -2.83. The predicted molar refractivity (Wildman–Crippen MR) is 115 cm³/mol. The summed E-state index contributed by atoms with van der Waals surface area (Å²) in [4.78, 5) is 12.7. The molecular formula is C22H21ClN2O3S. The Morgan fingerprint density at radius 2 is 1.66 bits per heavy atom. The van der Waals surface area contributed by atoms with Gasteiger partial charge in [-0.05, 0) is 48.4 Å². The predicted octanol–water partition coefficient (Wildman–Crippen LogP) is 4.16. The highest BCUT2D eigenvalue weighted by Gasteiger charge is 2.27. The minimum Gasteiger partial charge on any atom is -0.350 e. The van der Waals surface area contributed by atoms with Crippen LogP contribution in [0.1, 0.15) is 11.1 Å². The maximum absolute atomic E-state index is 13.2. The molecule has 1 N–H and O–H groups in total. The van der Waals surface area contributed by atoms with E-state index in [1.165, 1.54) is 18.2 Å². The minimum atomic E-state index is -3.94. The van der Waals surface area contributed by atoms with Gasteiger partial charge in [0.2, 0.25) is 5.91 Å². The van der Waals surface area contributed by atoms with Crippen molar-refractivity contribution in [3.8, 4) is 0 Å². The molecule has 0 fully saturated rings. The first-order valence-corrected chi connectivity index (χ1v) is 10.8. The van der Waals surface area contributed by atoms with Gasteiger partial charge in [-0.1, -0.05) is 60.1 Å². The van der Waals surface area contributed by atoms with Gasteiger partial charge in [-0.25, -0.2) is 8.42 Å². The van der Waals surface area contributed by atoms with Crippen LogP contribution < -0.4 is 9.62 Å². The number of anilines is 1. The van der Waals surface area contributed by atoms with Crippen molar-refractivity contribution < 1.29 is 13.2 Å². The van der Waals surface area contributed by atoms with Crippen LogP contribution in [-0.2, 0) is 21.4 Å². The van der Waals surface area contributed by atoms with E-state index in [1.807, 2.05) is 31.2 Å². The molecule has 0 saturated heterocycles. The quantitative estimate of drug-likeness (QED) is 0.614. The molecule has 0 bridgehead atoms. The van der Waals surface area contributed by atoms with Gasteiger partial charge in [0, 0.05) is 11.6 Å². The second kappa shape index (κ2) is 9.11. The average molecular weight is 429 g/mol. The molecule has 0 atom stereocenters. The van der Waals surface area contributed by atoms with Crippen molar-refractivity contribution in [1.82, 2.24) is 5.32 Å². The number of nitrogens with one attached hydrogen (secondary N) is 1. The van der Waals surface area contributed by atoms with Crippen LogP contribution in [-0.4, -0.2) is 20.9 Å². The number of carbonyl (C=O) groups is 1. The van der Waals surface area contributed by atoms with Crippen molar-refractivity contribution in [3.05, 3.63) is 95.0 Å². The average Bonchev–Trinajstić information content (AvgIpc) is 2.72. The molecule has 0 heterocycles. The van der Waals surface area contributed by atoms with E-state index in [-0.39, 0.29) is 11.4 Å². The first kappa shape index (κ1) is 20.9. The molecule has 1 amide bonds. The van der Waals surface area contributed by atoms with Gasteiger partial charge in [-0.3, -0.25) is 9.10 Å². The summed E-state index contributed by atoms with van der Waals surface area (Å²) < 4.78 is 27.5. The van der Waals surface area contributed by atoms with Crippen molar-refractivity contribution in [3.63, 3.8) is 0 Å². The third kappa shape index (κ3) is 5.16. The van der Waals surface area contributed by atoms with Gasteiger partial charge in [-0.15, -0.1) is 0 Å². The van der Waals surface area contributed by atoms with Crippen LogP contribution in [0, 0.1) is 6.92 Å². The zero-order valence-corrected chi connectivity index (χ0v) is 17.5. The molecule has 150 valence electrons. The van der Waals surface area contributed by atoms with Crippen molar-refractivity contribution in [1.29, 1.82) is 0 Å². The van der Waals surface area contributed by atoms with E-state index in [2.05, 4.69) is 5.32 Å². The van der Waals surface area contributed by atoms with Gasteiger partial charge in [0.05, 0.1) is 10.6 Å². The lowest BCUT2D eigenvalue weighted by Gasteiger charge is -2.24. The lowest BCUT2D eigenvalue weighted by atomic mass is 10.1. The Kier molecular flexibility index (Phi) is 6.56. The molecule has 0 aliphatic carbocycles. The third-order valence-electron chi connectivity index (χ3n) is 4.45. The second-order valence-corrected chi connectivity index (χ2v) is 8.81. The molecule has 0 aliphatic rings.